The second kappa shape index (κ2) is 3.23. The van der Waals surface area contributed by atoms with Gasteiger partial charge in [0.15, 0.2) is 0 Å². The maximum atomic E-state index is 9.10. The van der Waals surface area contributed by atoms with Crippen LogP contribution in [0.25, 0.3) is 0 Å². The first-order valence-electron chi connectivity index (χ1n) is 4.46. The Bertz CT molecular complexity index is 272. The highest BCUT2D eigenvalue weighted by atomic mass is 16.3. The molecule has 1 heterocycles. The van der Waals surface area contributed by atoms with E-state index in [2.05, 4.69) is 11.1 Å². The van der Waals surface area contributed by atoms with Crippen LogP contribution in [-0.4, -0.2) is 16.7 Å². The minimum atomic E-state index is 0.240. The molecule has 2 rings (SSSR count). The predicted molar refractivity (Wildman–Crippen MR) is 47.0 cm³/mol. The summed E-state index contributed by atoms with van der Waals surface area (Å²) in [6.45, 7) is 0.240. The zero-order chi connectivity index (χ0) is 8.39. The van der Waals surface area contributed by atoms with Crippen LogP contribution in [0.3, 0.4) is 0 Å². The van der Waals surface area contributed by atoms with Crippen molar-refractivity contribution in [1.82, 2.24) is 4.98 Å². The largest absolute Gasteiger partial charge is 0.396 e. The Morgan fingerprint density at radius 2 is 2.50 bits per heavy atom. The monoisotopic (exact) mass is 163 g/mol. The average molecular weight is 163 g/mol. The van der Waals surface area contributed by atoms with E-state index < -0.39 is 0 Å². The van der Waals surface area contributed by atoms with E-state index in [1.54, 1.807) is 0 Å². The van der Waals surface area contributed by atoms with Gasteiger partial charge in [0.1, 0.15) is 0 Å². The zero-order valence-electron chi connectivity index (χ0n) is 7.03. The molecule has 12 heavy (non-hydrogen) atoms. The van der Waals surface area contributed by atoms with Gasteiger partial charge in [0, 0.05) is 17.8 Å². The van der Waals surface area contributed by atoms with Crippen molar-refractivity contribution in [3.8, 4) is 0 Å². The van der Waals surface area contributed by atoms with Crippen molar-refractivity contribution in [1.29, 1.82) is 0 Å². The predicted octanol–water partition coefficient (Wildman–Crippen LogP) is 1.49. The summed E-state index contributed by atoms with van der Waals surface area (Å²) in [6, 6.07) is 4.09. The average Bonchev–Trinajstić information content (AvgIpc) is 2.17. The standard InChI is InChI=1S/C10H13NO/c12-7-9-4-1-3-8-5-2-6-11-10(8)9/h2,5-6,9,12H,1,3-4,7H2. The molecule has 0 fully saturated rings. The van der Waals surface area contributed by atoms with Crippen molar-refractivity contribution >= 4 is 0 Å². The van der Waals surface area contributed by atoms with Gasteiger partial charge in [0.05, 0.1) is 6.61 Å². The number of nitrogens with zero attached hydrogens (tertiary/aromatic N) is 1. The van der Waals surface area contributed by atoms with E-state index in [4.69, 9.17) is 5.11 Å². The highest BCUT2D eigenvalue weighted by Crippen LogP contribution is 2.28. The summed E-state index contributed by atoms with van der Waals surface area (Å²) in [5.41, 5.74) is 2.44. The molecule has 1 N–H and O–H groups in total. The molecule has 0 spiro atoms. The maximum absolute atomic E-state index is 9.10. The Morgan fingerprint density at radius 1 is 1.58 bits per heavy atom. The molecular weight excluding hydrogens is 150 g/mol. The molecule has 2 nitrogen and oxygen atoms in total. The summed E-state index contributed by atoms with van der Waals surface area (Å²) in [6.07, 6.45) is 5.21. The van der Waals surface area contributed by atoms with Crippen LogP contribution in [0.2, 0.25) is 0 Å². The van der Waals surface area contributed by atoms with E-state index in [0.29, 0.717) is 0 Å². The molecule has 0 amide bonds. The molecular formula is C10H13NO. The third kappa shape index (κ3) is 1.23. The van der Waals surface area contributed by atoms with Crippen LogP contribution in [0.5, 0.6) is 0 Å². The van der Waals surface area contributed by atoms with Crippen molar-refractivity contribution in [3.63, 3.8) is 0 Å². The molecule has 0 saturated carbocycles. The van der Waals surface area contributed by atoms with Crippen LogP contribution in [0.1, 0.15) is 30.0 Å². The Kier molecular flexibility index (Phi) is 2.09. The van der Waals surface area contributed by atoms with Gasteiger partial charge in [-0.2, -0.15) is 0 Å². The number of pyridine rings is 1. The second-order valence-electron chi connectivity index (χ2n) is 3.32. The fourth-order valence-corrected chi connectivity index (χ4v) is 1.88. The summed E-state index contributed by atoms with van der Waals surface area (Å²) in [4.78, 5) is 4.31. The summed E-state index contributed by atoms with van der Waals surface area (Å²) in [7, 11) is 0. The minimum absolute atomic E-state index is 0.240. The van der Waals surface area contributed by atoms with Crippen LogP contribution >= 0.6 is 0 Å². The van der Waals surface area contributed by atoms with Crippen molar-refractivity contribution in [2.75, 3.05) is 6.61 Å². The van der Waals surface area contributed by atoms with Crippen LogP contribution in [0.15, 0.2) is 18.3 Å². The quantitative estimate of drug-likeness (QED) is 0.680. The highest BCUT2D eigenvalue weighted by molar-refractivity contribution is 5.25. The smallest absolute Gasteiger partial charge is 0.0514 e. The highest BCUT2D eigenvalue weighted by Gasteiger charge is 2.19. The second-order valence-corrected chi connectivity index (χ2v) is 3.32. The summed E-state index contributed by atoms with van der Waals surface area (Å²) in [5.74, 6) is 0.287. The van der Waals surface area contributed by atoms with Crippen LogP contribution in [0, 0.1) is 0 Å². The molecule has 1 unspecified atom stereocenters. The van der Waals surface area contributed by atoms with E-state index in [1.165, 1.54) is 12.0 Å². The zero-order valence-corrected chi connectivity index (χ0v) is 7.03. The fourth-order valence-electron chi connectivity index (χ4n) is 1.88. The molecule has 1 aliphatic carbocycles. The van der Waals surface area contributed by atoms with Gasteiger partial charge in [-0.3, -0.25) is 4.98 Å². The third-order valence-corrected chi connectivity index (χ3v) is 2.53. The Balaban J connectivity index is 2.37. The molecule has 1 atom stereocenters. The number of aliphatic hydroxyl groups is 1. The number of hydrogen-bond donors (Lipinski definition) is 1. The first kappa shape index (κ1) is 7.74. The van der Waals surface area contributed by atoms with E-state index in [1.807, 2.05) is 12.3 Å². The van der Waals surface area contributed by atoms with E-state index in [-0.39, 0.29) is 12.5 Å². The van der Waals surface area contributed by atoms with E-state index in [9.17, 15) is 0 Å². The molecule has 0 saturated heterocycles. The summed E-state index contributed by atoms with van der Waals surface area (Å²) in [5, 5.41) is 9.10. The molecule has 0 radical (unpaired) electrons. The number of aromatic nitrogens is 1. The molecule has 0 bridgehead atoms. The number of rotatable bonds is 1. The van der Waals surface area contributed by atoms with Crippen LogP contribution in [-0.2, 0) is 6.42 Å². The lowest BCUT2D eigenvalue weighted by atomic mass is 9.87. The lowest BCUT2D eigenvalue weighted by molar-refractivity contribution is 0.250. The number of hydrogen-bond acceptors (Lipinski definition) is 2. The molecule has 64 valence electrons. The van der Waals surface area contributed by atoms with Gasteiger partial charge in [-0.1, -0.05) is 6.07 Å². The van der Waals surface area contributed by atoms with E-state index >= 15 is 0 Å². The lowest BCUT2D eigenvalue weighted by Crippen LogP contribution is -2.14. The minimum Gasteiger partial charge on any atom is -0.396 e. The number of fused-ring (bicyclic) bond motifs is 1. The third-order valence-electron chi connectivity index (χ3n) is 2.53. The molecule has 0 aliphatic heterocycles. The first-order valence-corrected chi connectivity index (χ1v) is 4.46. The van der Waals surface area contributed by atoms with Crippen LogP contribution in [0.4, 0.5) is 0 Å². The summed E-state index contributed by atoms with van der Waals surface area (Å²) >= 11 is 0. The molecule has 2 heteroatoms. The van der Waals surface area contributed by atoms with Crippen molar-refractivity contribution < 1.29 is 5.11 Å². The first-order chi connectivity index (χ1) is 5.92. The topological polar surface area (TPSA) is 33.1 Å². The van der Waals surface area contributed by atoms with Crippen molar-refractivity contribution in [2.24, 2.45) is 0 Å². The number of aryl methyl sites for hydroxylation is 1. The summed E-state index contributed by atoms with van der Waals surface area (Å²) < 4.78 is 0. The van der Waals surface area contributed by atoms with Gasteiger partial charge in [0.25, 0.3) is 0 Å². The molecule has 1 aliphatic rings. The lowest BCUT2D eigenvalue weighted by Gasteiger charge is -2.21. The normalized spacial score (nSPS) is 21.9. The maximum Gasteiger partial charge on any atom is 0.0514 e. The Morgan fingerprint density at radius 3 is 3.33 bits per heavy atom. The Labute approximate surface area is 72.3 Å². The Hall–Kier alpha value is -0.890. The molecule has 1 aromatic heterocycles. The van der Waals surface area contributed by atoms with Gasteiger partial charge in [-0.05, 0) is 30.9 Å². The molecule has 1 aromatic rings. The fraction of sp³-hybridized carbons (Fsp3) is 0.500. The van der Waals surface area contributed by atoms with Crippen LogP contribution < -0.4 is 0 Å². The number of aliphatic hydroxyl groups excluding tert-OH is 1. The van der Waals surface area contributed by atoms with Gasteiger partial charge in [-0.25, -0.2) is 0 Å². The van der Waals surface area contributed by atoms with Crippen molar-refractivity contribution in [2.45, 2.75) is 25.2 Å². The van der Waals surface area contributed by atoms with Crippen molar-refractivity contribution in [3.05, 3.63) is 29.6 Å². The molecule has 0 aromatic carbocycles. The SMILES string of the molecule is OCC1CCCc2cccnc21. The van der Waals surface area contributed by atoms with E-state index in [0.717, 1.165) is 18.5 Å². The van der Waals surface area contributed by atoms with Gasteiger partial charge in [-0.15, -0.1) is 0 Å². The van der Waals surface area contributed by atoms with Gasteiger partial charge >= 0.3 is 0 Å². The van der Waals surface area contributed by atoms with Gasteiger partial charge < -0.3 is 5.11 Å². The van der Waals surface area contributed by atoms with Gasteiger partial charge in [0.2, 0.25) is 0 Å².